The first-order chi connectivity index (χ1) is 8.68. The van der Waals surface area contributed by atoms with E-state index in [0.717, 1.165) is 5.52 Å². The van der Waals surface area contributed by atoms with Gasteiger partial charge in [-0.15, -0.1) is 0 Å². The smallest absolute Gasteiger partial charge is 0.0929 e. The van der Waals surface area contributed by atoms with Crippen molar-refractivity contribution in [3.05, 3.63) is 28.5 Å². The minimum atomic E-state index is 0.711. The number of rotatable bonds is 0. The van der Waals surface area contributed by atoms with Crippen LogP contribution in [0.5, 0.6) is 0 Å². The predicted molar refractivity (Wildman–Crippen MR) is 78.3 cm³/mol. The van der Waals surface area contributed by atoms with E-state index in [4.69, 9.17) is 0 Å². The van der Waals surface area contributed by atoms with Crippen molar-refractivity contribution in [3.8, 4) is 0 Å². The van der Waals surface area contributed by atoms with Crippen molar-refractivity contribution in [3.63, 3.8) is 0 Å². The zero-order valence-corrected chi connectivity index (χ0v) is 12.2. The zero-order valence-electron chi connectivity index (χ0n) is 12.2. The summed E-state index contributed by atoms with van der Waals surface area (Å²) in [5.74, 6) is 0.711. The molecule has 0 spiro atoms. The van der Waals surface area contributed by atoms with E-state index in [0.29, 0.717) is 5.92 Å². The summed E-state index contributed by atoms with van der Waals surface area (Å²) in [7, 11) is 0. The second-order valence-corrected chi connectivity index (χ2v) is 5.11. The van der Waals surface area contributed by atoms with Crippen LogP contribution >= 0.6 is 0 Å². The molecule has 1 aromatic heterocycles. The standard InChI is InChI=1S/C14H18N2.C2H6/c1-8-5-4-6-11-7-12-14(9(2)13(8)11)10(3)15-16-12;1-2/h7-8H,4-6H2,1-3H3,(H,15,16);1-2H3. The van der Waals surface area contributed by atoms with E-state index in [1.54, 1.807) is 5.56 Å². The van der Waals surface area contributed by atoms with Crippen LogP contribution in [-0.4, -0.2) is 10.2 Å². The number of aromatic nitrogens is 2. The van der Waals surface area contributed by atoms with Crippen molar-refractivity contribution in [1.29, 1.82) is 0 Å². The van der Waals surface area contributed by atoms with E-state index >= 15 is 0 Å². The first kappa shape index (κ1) is 13.1. The molecule has 1 atom stereocenters. The summed E-state index contributed by atoms with van der Waals surface area (Å²) < 4.78 is 0. The van der Waals surface area contributed by atoms with Gasteiger partial charge >= 0.3 is 0 Å². The van der Waals surface area contributed by atoms with Crippen molar-refractivity contribution < 1.29 is 0 Å². The average Bonchev–Trinajstić information content (AvgIpc) is 2.74. The Labute approximate surface area is 110 Å². The highest BCUT2D eigenvalue weighted by Gasteiger charge is 2.21. The highest BCUT2D eigenvalue weighted by Crippen LogP contribution is 2.37. The first-order valence-electron chi connectivity index (χ1n) is 7.15. The number of hydrogen-bond acceptors (Lipinski definition) is 1. The highest BCUT2D eigenvalue weighted by molar-refractivity contribution is 5.87. The van der Waals surface area contributed by atoms with Gasteiger partial charge in [-0.25, -0.2) is 0 Å². The number of fused-ring (bicyclic) bond motifs is 2. The van der Waals surface area contributed by atoms with Crippen LogP contribution in [0.4, 0.5) is 0 Å². The Morgan fingerprint density at radius 1 is 1.28 bits per heavy atom. The lowest BCUT2D eigenvalue weighted by Crippen LogP contribution is -2.09. The number of nitrogens with zero attached hydrogens (tertiary/aromatic N) is 1. The van der Waals surface area contributed by atoms with Crippen LogP contribution in [0.3, 0.4) is 0 Å². The summed E-state index contributed by atoms with van der Waals surface area (Å²) in [6, 6.07) is 2.29. The quantitative estimate of drug-likeness (QED) is 0.718. The maximum Gasteiger partial charge on any atom is 0.0929 e. The fourth-order valence-corrected chi connectivity index (χ4v) is 3.28. The lowest BCUT2D eigenvalue weighted by atomic mass is 9.80. The van der Waals surface area contributed by atoms with E-state index < -0.39 is 0 Å². The molecule has 2 nitrogen and oxygen atoms in total. The van der Waals surface area contributed by atoms with Crippen molar-refractivity contribution in [2.24, 2.45) is 0 Å². The predicted octanol–water partition coefficient (Wildman–Crippen LogP) is 4.65. The molecule has 0 amide bonds. The third-order valence-electron chi connectivity index (χ3n) is 3.99. The Morgan fingerprint density at radius 3 is 2.72 bits per heavy atom. The maximum absolute atomic E-state index is 4.39. The monoisotopic (exact) mass is 244 g/mol. The van der Waals surface area contributed by atoms with Gasteiger partial charge in [0.1, 0.15) is 0 Å². The van der Waals surface area contributed by atoms with E-state index in [1.165, 1.54) is 41.5 Å². The maximum atomic E-state index is 4.39. The average molecular weight is 244 g/mol. The van der Waals surface area contributed by atoms with E-state index in [-0.39, 0.29) is 0 Å². The Hall–Kier alpha value is -1.31. The summed E-state index contributed by atoms with van der Waals surface area (Å²) in [5, 5.41) is 8.83. The molecule has 1 aromatic carbocycles. The molecule has 1 heterocycles. The first-order valence-corrected chi connectivity index (χ1v) is 7.15. The van der Waals surface area contributed by atoms with Gasteiger partial charge in [0.25, 0.3) is 0 Å². The van der Waals surface area contributed by atoms with Crippen LogP contribution in [0.25, 0.3) is 10.9 Å². The molecule has 1 unspecified atom stereocenters. The van der Waals surface area contributed by atoms with Gasteiger partial charge in [-0.1, -0.05) is 20.8 Å². The molecular weight excluding hydrogens is 220 g/mol. The van der Waals surface area contributed by atoms with Gasteiger partial charge in [0, 0.05) is 11.1 Å². The minimum Gasteiger partial charge on any atom is -0.282 e. The van der Waals surface area contributed by atoms with Gasteiger partial charge in [-0.3, -0.25) is 5.10 Å². The summed E-state index contributed by atoms with van der Waals surface area (Å²) in [5.41, 5.74) is 6.90. The number of H-pyrrole nitrogens is 1. The number of hydrogen-bond donors (Lipinski definition) is 1. The van der Waals surface area contributed by atoms with Crippen molar-refractivity contribution >= 4 is 10.9 Å². The molecule has 2 heteroatoms. The number of nitrogens with one attached hydrogen (secondary N) is 1. The van der Waals surface area contributed by atoms with Crippen LogP contribution < -0.4 is 0 Å². The number of benzene rings is 1. The van der Waals surface area contributed by atoms with Crippen LogP contribution in [0.1, 0.15) is 61.9 Å². The van der Waals surface area contributed by atoms with Crippen molar-refractivity contribution in [2.75, 3.05) is 0 Å². The van der Waals surface area contributed by atoms with Crippen LogP contribution in [-0.2, 0) is 6.42 Å². The largest absolute Gasteiger partial charge is 0.282 e. The van der Waals surface area contributed by atoms with Gasteiger partial charge in [0.2, 0.25) is 0 Å². The lowest BCUT2D eigenvalue weighted by molar-refractivity contribution is 0.588. The molecule has 98 valence electrons. The Balaban J connectivity index is 0.000000574. The molecule has 2 aromatic rings. The van der Waals surface area contributed by atoms with E-state index in [2.05, 4.69) is 37.0 Å². The van der Waals surface area contributed by atoms with Crippen LogP contribution in [0.2, 0.25) is 0 Å². The fourth-order valence-electron chi connectivity index (χ4n) is 3.28. The molecule has 1 aliphatic rings. The normalized spacial score (nSPS) is 18.2. The van der Waals surface area contributed by atoms with E-state index in [1.807, 2.05) is 13.8 Å². The van der Waals surface area contributed by atoms with Gasteiger partial charge in [0.15, 0.2) is 0 Å². The Bertz CT molecular complexity index is 552. The van der Waals surface area contributed by atoms with Crippen molar-refractivity contribution in [1.82, 2.24) is 10.2 Å². The SMILES string of the molecule is CC.Cc1[nH]nc2cc3c(c(C)c12)C(C)CCC3. The Morgan fingerprint density at radius 2 is 2.00 bits per heavy atom. The summed E-state index contributed by atoms with van der Waals surface area (Å²) in [6.45, 7) is 10.7. The van der Waals surface area contributed by atoms with Crippen LogP contribution in [0, 0.1) is 13.8 Å². The summed E-state index contributed by atoms with van der Waals surface area (Å²) in [4.78, 5) is 0. The third kappa shape index (κ3) is 1.94. The molecule has 0 fully saturated rings. The molecule has 0 aliphatic heterocycles. The number of aryl methyl sites for hydroxylation is 3. The molecular formula is C16H24N2. The fraction of sp³-hybridized carbons (Fsp3) is 0.562. The van der Waals surface area contributed by atoms with Crippen LogP contribution in [0.15, 0.2) is 6.07 Å². The second kappa shape index (κ2) is 5.13. The Kier molecular flexibility index (Phi) is 3.74. The molecule has 0 bridgehead atoms. The van der Waals surface area contributed by atoms with Gasteiger partial charge < -0.3 is 0 Å². The minimum absolute atomic E-state index is 0.711. The van der Waals surface area contributed by atoms with Gasteiger partial charge in [-0.05, 0) is 61.8 Å². The van der Waals surface area contributed by atoms with E-state index in [9.17, 15) is 0 Å². The molecule has 3 rings (SSSR count). The van der Waals surface area contributed by atoms with Gasteiger partial charge in [0.05, 0.1) is 5.52 Å². The molecule has 0 radical (unpaired) electrons. The summed E-state index contributed by atoms with van der Waals surface area (Å²) >= 11 is 0. The van der Waals surface area contributed by atoms with Crippen molar-refractivity contribution in [2.45, 2.75) is 59.8 Å². The third-order valence-corrected chi connectivity index (χ3v) is 3.99. The highest BCUT2D eigenvalue weighted by atomic mass is 15.1. The second-order valence-electron chi connectivity index (χ2n) is 5.11. The number of aromatic amines is 1. The van der Waals surface area contributed by atoms with Gasteiger partial charge in [-0.2, -0.15) is 5.10 Å². The molecule has 0 saturated heterocycles. The zero-order chi connectivity index (χ0) is 13.3. The molecule has 0 saturated carbocycles. The lowest BCUT2D eigenvalue weighted by Gasteiger charge is -2.24. The molecule has 1 aliphatic carbocycles. The summed E-state index contributed by atoms with van der Waals surface area (Å²) in [6.07, 6.45) is 3.88. The molecule has 18 heavy (non-hydrogen) atoms. The topological polar surface area (TPSA) is 28.7 Å². The molecule has 1 N–H and O–H groups in total.